The Morgan fingerprint density at radius 2 is 1.84 bits per heavy atom. The van der Waals surface area contributed by atoms with Crippen molar-refractivity contribution in [3.05, 3.63) is 12.1 Å². The van der Waals surface area contributed by atoms with Gasteiger partial charge in [-0.1, -0.05) is 27.7 Å². The Hall–Kier alpha value is -1.45. The van der Waals surface area contributed by atoms with Crippen molar-refractivity contribution in [2.75, 3.05) is 18.9 Å². The molecule has 108 valence electrons. The van der Waals surface area contributed by atoms with Crippen molar-refractivity contribution in [3.8, 4) is 11.8 Å². The van der Waals surface area contributed by atoms with Crippen LogP contribution >= 0.6 is 0 Å². The smallest absolute Gasteiger partial charge is 0.240 e. The fourth-order valence-corrected chi connectivity index (χ4v) is 1.54. The van der Waals surface area contributed by atoms with Gasteiger partial charge in [0.25, 0.3) is 0 Å². The van der Waals surface area contributed by atoms with E-state index in [1.807, 2.05) is 0 Å². The number of hydrogen-bond acceptors (Lipinski definition) is 4. The molecule has 0 atom stereocenters. The monoisotopic (exact) mass is 266 g/mol. The number of pyridine rings is 1. The van der Waals surface area contributed by atoms with Gasteiger partial charge in [-0.3, -0.25) is 0 Å². The Morgan fingerprint density at radius 1 is 1.11 bits per heavy atom. The first kappa shape index (κ1) is 15.6. The zero-order valence-corrected chi connectivity index (χ0v) is 12.5. The lowest BCUT2D eigenvalue weighted by molar-refractivity contribution is 0.250. The predicted octanol–water partition coefficient (Wildman–Crippen LogP) is 3.51. The highest BCUT2D eigenvalue weighted by atomic mass is 16.5. The van der Waals surface area contributed by atoms with E-state index in [-0.39, 0.29) is 0 Å². The third-order valence-electron chi connectivity index (χ3n) is 2.59. The summed E-state index contributed by atoms with van der Waals surface area (Å²) in [6, 6.07) is 3.56. The lowest BCUT2D eigenvalue weighted by Crippen LogP contribution is -2.08. The highest BCUT2D eigenvalue weighted by Crippen LogP contribution is 2.22. The number of hydrogen-bond donors (Lipinski definition) is 1. The molecule has 0 aromatic carbocycles. The molecule has 4 heteroatoms. The number of nitrogens with two attached hydrogens (primary N) is 1. The first-order valence-electron chi connectivity index (χ1n) is 7.01. The van der Waals surface area contributed by atoms with E-state index < -0.39 is 0 Å². The van der Waals surface area contributed by atoms with Crippen LogP contribution in [0.15, 0.2) is 12.1 Å². The quantitative estimate of drug-likeness (QED) is 0.731. The molecule has 0 radical (unpaired) electrons. The van der Waals surface area contributed by atoms with Crippen molar-refractivity contribution in [1.82, 2.24) is 4.98 Å². The number of nitrogen functional groups attached to an aromatic ring is 1. The van der Waals surface area contributed by atoms with Crippen molar-refractivity contribution in [2.45, 2.75) is 40.5 Å². The average Bonchev–Trinajstić information content (AvgIpc) is 2.34. The second kappa shape index (κ2) is 7.87. The van der Waals surface area contributed by atoms with Gasteiger partial charge >= 0.3 is 0 Å². The van der Waals surface area contributed by atoms with Gasteiger partial charge in [0.15, 0.2) is 0 Å². The van der Waals surface area contributed by atoms with Crippen molar-refractivity contribution in [3.63, 3.8) is 0 Å². The Labute approximate surface area is 116 Å². The van der Waals surface area contributed by atoms with E-state index in [1.165, 1.54) is 0 Å². The number of ether oxygens (including phenoxy) is 2. The van der Waals surface area contributed by atoms with Crippen LogP contribution in [0.25, 0.3) is 0 Å². The zero-order chi connectivity index (χ0) is 14.3. The molecule has 4 nitrogen and oxygen atoms in total. The third-order valence-corrected chi connectivity index (χ3v) is 2.59. The molecule has 0 fully saturated rings. The molecule has 2 N–H and O–H groups in total. The topological polar surface area (TPSA) is 57.4 Å². The number of aromatic nitrogens is 1. The molecular formula is C15H26N2O2. The Morgan fingerprint density at radius 3 is 2.47 bits per heavy atom. The minimum absolute atomic E-state index is 0.441. The van der Waals surface area contributed by atoms with Gasteiger partial charge in [0.1, 0.15) is 0 Å². The summed E-state index contributed by atoms with van der Waals surface area (Å²) in [7, 11) is 0. The molecule has 0 amide bonds. The summed E-state index contributed by atoms with van der Waals surface area (Å²) in [5.41, 5.74) is 6.38. The van der Waals surface area contributed by atoms with Gasteiger partial charge in [-0.05, 0) is 30.7 Å². The van der Waals surface area contributed by atoms with Crippen molar-refractivity contribution >= 4 is 5.69 Å². The highest BCUT2D eigenvalue weighted by molar-refractivity contribution is 5.49. The van der Waals surface area contributed by atoms with Crippen LogP contribution in [0.4, 0.5) is 5.69 Å². The fourth-order valence-electron chi connectivity index (χ4n) is 1.54. The van der Waals surface area contributed by atoms with E-state index in [4.69, 9.17) is 15.2 Å². The largest absolute Gasteiger partial charge is 0.478 e. The molecule has 1 aromatic rings. The van der Waals surface area contributed by atoms with Crippen LogP contribution in [0.2, 0.25) is 0 Å². The zero-order valence-electron chi connectivity index (χ0n) is 12.5. The predicted molar refractivity (Wildman–Crippen MR) is 78.5 cm³/mol. The maximum absolute atomic E-state index is 5.83. The van der Waals surface area contributed by atoms with Crippen LogP contribution < -0.4 is 15.2 Å². The van der Waals surface area contributed by atoms with Crippen LogP contribution in [0.5, 0.6) is 11.8 Å². The average molecular weight is 266 g/mol. The third kappa shape index (κ3) is 6.32. The van der Waals surface area contributed by atoms with Gasteiger partial charge in [0.05, 0.1) is 18.9 Å². The van der Waals surface area contributed by atoms with Gasteiger partial charge in [0.2, 0.25) is 11.8 Å². The van der Waals surface area contributed by atoms with Gasteiger partial charge < -0.3 is 15.2 Å². The standard InChI is InChI=1S/C15H26N2O2/c1-11(2)6-5-9-18-14-8-7-13(16)15(17-14)19-10-12(3)4/h7-8,11-12H,5-6,9-10,16H2,1-4H3. The van der Waals surface area contributed by atoms with Gasteiger partial charge in [-0.15, -0.1) is 0 Å². The summed E-state index contributed by atoms with van der Waals surface area (Å²) in [6.07, 6.45) is 2.19. The van der Waals surface area contributed by atoms with Gasteiger partial charge in [-0.25, -0.2) is 0 Å². The van der Waals surface area contributed by atoms with E-state index in [2.05, 4.69) is 32.7 Å². The van der Waals surface area contributed by atoms with E-state index in [1.54, 1.807) is 12.1 Å². The normalized spacial score (nSPS) is 11.1. The van der Waals surface area contributed by atoms with E-state index >= 15 is 0 Å². The molecule has 0 aliphatic heterocycles. The molecule has 0 saturated heterocycles. The minimum Gasteiger partial charge on any atom is -0.478 e. The molecule has 19 heavy (non-hydrogen) atoms. The molecule has 0 spiro atoms. The second-order valence-electron chi connectivity index (χ2n) is 5.63. The minimum atomic E-state index is 0.441. The SMILES string of the molecule is CC(C)CCCOc1ccc(N)c(OCC(C)C)n1. The highest BCUT2D eigenvalue weighted by Gasteiger charge is 2.06. The maximum Gasteiger partial charge on any atom is 0.240 e. The first-order chi connectivity index (χ1) is 8.99. The molecule has 1 aromatic heterocycles. The lowest BCUT2D eigenvalue weighted by atomic mass is 10.1. The van der Waals surface area contributed by atoms with E-state index in [0.29, 0.717) is 42.5 Å². The van der Waals surface area contributed by atoms with E-state index in [0.717, 1.165) is 12.8 Å². The molecular weight excluding hydrogens is 240 g/mol. The molecule has 0 bridgehead atoms. The summed E-state index contributed by atoms with van der Waals surface area (Å²) in [5.74, 6) is 2.19. The second-order valence-corrected chi connectivity index (χ2v) is 5.63. The number of anilines is 1. The van der Waals surface area contributed by atoms with Crippen LogP contribution in [-0.4, -0.2) is 18.2 Å². The summed E-state index contributed by atoms with van der Waals surface area (Å²) < 4.78 is 11.2. The van der Waals surface area contributed by atoms with E-state index in [9.17, 15) is 0 Å². The first-order valence-corrected chi connectivity index (χ1v) is 7.01. The Kier molecular flexibility index (Phi) is 6.46. The Balaban J connectivity index is 2.48. The number of nitrogens with zero attached hydrogens (tertiary/aromatic N) is 1. The fraction of sp³-hybridized carbons (Fsp3) is 0.667. The van der Waals surface area contributed by atoms with Crippen molar-refractivity contribution < 1.29 is 9.47 Å². The van der Waals surface area contributed by atoms with Crippen LogP contribution in [-0.2, 0) is 0 Å². The van der Waals surface area contributed by atoms with Crippen LogP contribution in [0, 0.1) is 11.8 Å². The lowest BCUT2D eigenvalue weighted by Gasteiger charge is -2.12. The van der Waals surface area contributed by atoms with Gasteiger partial charge in [0, 0.05) is 6.07 Å². The summed E-state index contributed by atoms with van der Waals surface area (Å²) in [6.45, 7) is 9.87. The maximum atomic E-state index is 5.83. The molecule has 0 unspecified atom stereocenters. The summed E-state index contributed by atoms with van der Waals surface area (Å²) in [5, 5.41) is 0. The summed E-state index contributed by atoms with van der Waals surface area (Å²) in [4.78, 5) is 4.29. The molecule has 1 rings (SSSR count). The van der Waals surface area contributed by atoms with Crippen molar-refractivity contribution in [1.29, 1.82) is 0 Å². The number of rotatable bonds is 8. The van der Waals surface area contributed by atoms with Crippen molar-refractivity contribution in [2.24, 2.45) is 11.8 Å². The molecule has 0 aliphatic rings. The Bertz CT molecular complexity index is 378. The van der Waals surface area contributed by atoms with Crippen LogP contribution in [0.3, 0.4) is 0 Å². The molecule has 0 saturated carbocycles. The molecule has 0 aliphatic carbocycles. The van der Waals surface area contributed by atoms with Gasteiger partial charge in [-0.2, -0.15) is 4.98 Å². The summed E-state index contributed by atoms with van der Waals surface area (Å²) >= 11 is 0. The molecule has 1 heterocycles. The van der Waals surface area contributed by atoms with Crippen LogP contribution in [0.1, 0.15) is 40.5 Å².